The lowest BCUT2D eigenvalue weighted by atomic mass is 9.87. The first-order valence-electron chi connectivity index (χ1n) is 7.89. The Hall–Kier alpha value is -0.120. The maximum atomic E-state index is 6.11. The van der Waals surface area contributed by atoms with E-state index in [2.05, 4.69) is 5.32 Å². The van der Waals surface area contributed by atoms with Gasteiger partial charge in [0.05, 0.1) is 17.8 Å². The second-order valence-corrected chi connectivity index (χ2v) is 6.81. The lowest BCUT2D eigenvalue weighted by Crippen LogP contribution is -2.51. The van der Waals surface area contributed by atoms with Crippen LogP contribution in [0.15, 0.2) is 0 Å². The zero-order chi connectivity index (χ0) is 12.0. The van der Waals surface area contributed by atoms with E-state index in [0.717, 1.165) is 6.61 Å². The van der Waals surface area contributed by atoms with Crippen LogP contribution in [0.5, 0.6) is 0 Å². The minimum atomic E-state index is 0.244. The molecule has 3 nitrogen and oxygen atoms in total. The number of ether oxygens (including phenoxy) is 2. The molecule has 1 saturated carbocycles. The van der Waals surface area contributed by atoms with Crippen molar-refractivity contribution in [3.05, 3.63) is 0 Å². The third-order valence-corrected chi connectivity index (χ3v) is 5.56. The summed E-state index contributed by atoms with van der Waals surface area (Å²) in [5, 5.41) is 3.90. The lowest BCUT2D eigenvalue weighted by Gasteiger charge is -2.40. The highest BCUT2D eigenvalue weighted by molar-refractivity contribution is 4.99. The average Bonchev–Trinajstić information content (AvgIpc) is 3.06. The van der Waals surface area contributed by atoms with E-state index >= 15 is 0 Å². The Kier molecular flexibility index (Phi) is 2.90. The summed E-state index contributed by atoms with van der Waals surface area (Å²) in [6.45, 7) is 0.958. The number of fused-ring (bicyclic) bond motifs is 2. The smallest absolute Gasteiger partial charge is 0.0733 e. The highest BCUT2D eigenvalue weighted by Crippen LogP contribution is 2.41. The minimum absolute atomic E-state index is 0.244. The molecule has 2 bridgehead atoms. The largest absolute Gasteiger partial charge is 0.375 e. The highest BCUT2D eigenvalue weighted by Gasteiger charge is 2.44. The van der Waals surface area contributed by atoms with Crippen LogP contribution in [0, 0.1) is 0 Å². The summed E-state index contributed by atoms with van der Waals surface area (Å²) in [6.07, 6.45) is 12.6. The van der Waals surface area contributed by atoms with Gasteiger partial charge in [-0.3, -0.25) is 0 Å². The van der Waals surface area contributed by atoms with E-state index in [0.29, 0.717) is 24.3 Å². The van der Waals surface area contributed by atoms with Crippen LogP contribution < -0.4 is 5.32 Å². The molecular formula is C15H25NO2. The van der Waals surface area contributed by atoms with Gasteiger partial charge in [0.2, 0.25) is 0 Å². The second-order valence-electron chi connectivity index (χ2n) is 6.81. The summed E-state index contributed by atoms with van der Waals surface area (Å²) in [7, 11) is 0. The Morgan fingerprint density at radius 1 is 1.06 bits per heavy atom. The van der Waals surface area contributed by atoms with Crippen LogP contribution in [0.4, 0.5) is 0 Å². The molecule has 0 aromatic carbocycles. The van der Waals surface area contributed by atoms with Gasteiger partial charge >= 0.3 is 0 Å². The van der Waals surface area contributed by atoms with Crippen LogP contribution in [-0.2, 0) is 9.47 Å². The highest BCUT2D eigenvalue weighted by atomic mass is 16.5. The van der Waals surface area contributed by atoms with Gasteiger partial charge in [-0.1, -0.05) is 12.8 Å². The lowest BCUT2D eigenvalue weighted by molar-refractivity contribution is -0.0854. The van der Waals surface area contributed by atoms with Crippen molar-refractivity contribution in [2.75, 3.05) is 6.61 Å². The zero-order valence-electron chi connectivity index (χ0n) is 11.2. The molecular weight excluding hydrogens is 226 g/mol. The van der Waals surface area contributed by atoms with Crippen molar-refractivity contribution >= 4 is 0 Å². The Bertz CT molecular complexity index is 314. The molecule has 3 heteroatoms. The molecule has 4 atom stereocenters. The Labute approximate surface area is 110 Å². The summed E-state index contributed by atoms with van der Waals surface area (Å²) < 4.78 is 12.1. The van der Waals surface area contributed by atoms with E-state index in [-0.39, 0.29) is 5.60 Å². The predicted molar refractivity (Wildman–Crippen MR) is 69.6 cm³/mol. The molecule has 0 aromatic heterocycles. The fourth-order valence-corrected chi connectivity index (χ4v) is 4.65. The van der Waals surface area contributed by atoms with Crippen molar-refractivity contribution < 1.29 is 9.47 Å². The molecule has 0 aromatic rings. The zero-order valence-corrected chi connectivity index (χ0v) is 11.2. The molecule has 1 aliphatic carbocycles. The standard InChI is InChI=1S/C15H25NO2/c1-2-7-15(6-1)10-11(5-8-17-15)16-13-9-12-3-4-14(13)18-12/h11-14,16H,1-10H2. The third kappa shape index (κ3) is 2.00. The van der Waals surface area contributed by atoms with Crippen molar-refractivity contribution in [1.82, 2.24) is 5.32 Å². The minimum Gasteiger partial charge on any atom is -0.375 e. The monoisotopic (exact) mass is 251 g/mol. The fraction of sp³-hybridized carbons (Fsp3) is 1.00. The fourth-order valence-electron chi connectivity index (χ4n) is 4.65. The molecule has 102 valence electrons. The molecule has 0 amide bonds. The summed E-state index contributed by atoms with van der Waals surface area (Å²) in [5.74, 6) is 0. The predicted octanol–water partition coefficient (Wildman–Crippen LogP) is 2.39. The molecule has 4 unspecified atom stereocenters. The van der Waals surface area contributed by atoms with Crippen molar-refractivity contribution in [2.45, 2.75) is 87.7 Å². The molecule has 4 aliphatic rings. The van der Waals surface area contributed by atoms with Crippen LogP contribution in [-0.4, -0.2) is 36.5 Å². The SMILES string of the molecule is C1CCC2(C1)CC(NC1CC3CCC1O3)CCO2. The molecule has 1 spiro atoms. The summed E-state index contributed by atoms with van der Waals surface area (Å²) in [5.41, 5.74) is 0.244. The molecule has 3 saturated heterocycles. The van der Waals surface area contributed by atoms with Crippen LogP contribution in [0.3, 0.4) is 0 Å². The first kappa shape index (κ1) is 11.7. The van der Waals surface area contributed by atoms with E-state index in [1.54, 1.807) is 0 Å². The van der Waals surface area contributed by atoms with Gasteiger partial charge in [0.15, 0.2) is 0 Å². The van der Waals surface area contributed by atoms with Gasteiger partial charge in [-0.05, 0) is 44.9 Å². The number of nitrogens with one attached hydrogen (secondary N) is 1. The van der Waals surface area contributed by atoms with Crippen molar-refractivity contribution in [3.63, 3.8) is 0 Å². The normalized spacial score (nSPS) is 46.0. The molecule has 18 heavy (non-hydrogen) atoms. The van der Waals surface area contributed by atoms with Crippen LogP contribution in [0.1, 0.15) is 57.8 Å². The summed E-state index contributed by atoms with van der Waals surface area (Å²) in [6, 6.07) is 1.30. The maximum Gasteiger partial charge on any atom is 0.0733 e. The first-order chi connectivity index (χ1) is 8.83. The number of rotatable bonds is 2. The second kappa shape index (κ2) is 4.46. The van der Waals surface area contributed by atoms with Gasteiger partial charge in [-0.15, -0.1) is 0 Å². The summed E-state index contributed by atoms with van der Waals surface area (Å²) >= 11 is 0. The average molecular weight is 251 g/mol. The van der Waals surface area contributed by atoms with Crippen LogP contribution in [0.25, 0.3) is 0 Å². The van der Waals surface area contributed by atoms with E-state index in [1.165, 1.54) is 57.8 Å². The maximum absolute atomic E-state index is 6.11. The van der Waals surface area contributed by atoms with E-state index in [4.69, 9.17) is 9.47 Å². The van der Waals surface area contributed by atoms with Crippen molar-refractivity contribution in [1.29, 1.82) is 0 Å². The molecule has 0 radical (unpaired) electrons. The number of hydrogen-bond donors (Lipinski definition) is 1. The Balaban J connectivity index is 1.37. The van der Waals surface area contributed by atoms with E-state index in [9.17, 15) is 0 Å². The molecule has 1 N–H and O–H groups in total. The van der Waals surface area contributed by atoms with E-state index in [1.807, 2.05) is 0 Å². The molecule has 3 heterocycles. The molecule has 4 rings (SSSR count). The van der Waals surface area contributed by atoms with Gasteiger partial charge in [0.25, 0.3) is 0 Å². The van der Waals surface area contributed by atoms with Crippen LogP contribution >= 0.6 is 0 Å². The first-order valence-corrected chi connectivity index (χ1v) is 7.89. The third-order valence-electron chi connectivity index (χ3n) is 5.56. The van der Waals surface area contributed by atoms with Gasteiger partial charge < -0.3 is 14.8 Å². The summed E-state index contributed by atoms with van der Waals surface area (Å²) in [4.78, 5) is 0. The topological polar surface area (TPSA) is 30.5 Å². The van der Waals surface area contributed by atoms with Gasteiger partial charge in [0, 0.05) is 18.7 Å². The molecule has 4 fully saturated rings. The quantitative estimate of drug-likeness (QED) is 0.817. The Morgan fingerprint density at radius 3 is 2.67 bits per heavy atom. The van der Waals surface area contributed by atoms with Gasteiger partial charge in [0.1, 0.15) is 0 Å². The molecule has 3 aliphatic heterocycles. The van der Waals surface area contributed by atoms with Crippen molar-refractivity contribution in [2.24, 2.45) is 0 Å². The Morgan fingerprint density at radius 2 is 1.94 bits per heavy atom. The van der Waals surface area contributed by atoms with Crippen LogP contribution in [0.2, 0.25) is 0 Å². The van der Waals surface area contributed by atoms with E-state index < -0.39 is 0 Å². The van der Waals surface area contributed by atoms with Gasteiger partial charge in [-0.2, -0.15) is 0 Å². The van der Waals surface area contributed by atoms with Crippen molar-refractivity contribution in [3.8, 4) is 0 Å². The van der Waals surface area contributed by atoms with Gasteiger partial charge in [-0.25, -0.2) is 0 Å². The number of hydrogen-bond acceptors (Lipinski definition) is 3.